The molecule has 7 heteroatoms. The number of aromatic nitrogens is 3. The first-order valence-electron chi connectivity index (χ1n) is 6.08. The van der Waals surface area contributed by atoms with Crippen LogP contribution in [-0.2, 0) is 4.74 Å². The lowest BCUT2D eigenvalue weighted by Crippen LogP contribution is -2.26. The SMILES string of the molecule is CN(C)c1nc(N)nc(OCC2CCCCO2)n1. The molecule has 100 valence electrons. The average Bonchev–Trinajstić information content (AvgIpc) is 2.37. The van der Waals surface area contributed by atoms with E-state index in [2.05, 4.69) is 15.0 Å². The third-order valence-electron chi connectivity index (χ3n) is 2.69. The molecular weight excluding hydrogens is 234 g/mol. The molecule has 1 fully saturated rings. The fourth-order valence-corrected chi connectivity index (χ4v) is 1.73. The molecule has 18 heavy (non-hydrogen) atoms. The molecule has 0 amide bonds. The van der Waals surface area contributed by atoms with E-state index >= 15 is 0 Å². The van der Waals surface area contributed by atoms with E-state index < -0.39 is 0 Å². The highest BCUT2D eigenvalue weighted by Crippen LogP contribution is 2.15. The first kappa shape index (κ1) is 12.8. The average molecular weight is 253 g/mol. The number of nitrogens with zero attached hydrogens (tertiary/aromatic N) is 4. The molecule has 1 aromatic heterocycles. The predicted molar refractivity (Wildman–Crippen MR) is 67.7 cm³/mol. The van der Waals surface area contributed by atoms with Crippen LogP contribution >= 0.6 is 0 Å². The molecule has 1 saturated heterocycles. The maximum absolute atomic E-state index is 5.61. The lowest BCUT2D eigenvalue weighted by molar-refractivity contribution is -0.0129. The van der Waals surface area contributed by atoms with Crippen molar-refractivity contribution in [3.8, 4) is 6.01 Å². The standard InChI is InChI=1S/C11H19N5O2/c1-16(2)10-13-9(12)14-11(15-10)18-7-8-5-3-4-6-17-8/h8H,3-7H2,1-2H3,(H2,12,13,14,15). The van der Waals surface area contributed by atoms with Gasteiger partial charge in [-0.1, -0.05) is 0 Å². The van der Waals surface area contributed by atoms with Crippen LogP contribution in [0.1, 0.15) is 19.3 Å². The van der Waals surface area contributed by atoms with Gasteiger partial charge in [0, 0.05) is 20.7 Å². The molecule has 2 N–H and O–H groups in total. The van der Waals surface area contributed by atoms with Crippen LogP contribution in [0.5, 0.6) is 6.01 Å². The summed E-state index contributed by atoms with van der Waals surface area (Å²) in [6.07, 6.45) is 3.44. The minimum absolute atomic E-state index is 0.125. The summed E-state index contributed by atoms with van der Waals surface area (Å²) in [6, 6.07) is 0.250. The lowest BCUT2D eigenvalue weighted by Gasteiger charge is -2.22. The Morgan fingerprint density at radius 1 is 1.33 bits per heavy atom. The molecule has 7 nitrogen and oxygen atoms in total. The number of nitrogen functional groups attached to an aromatic ring is 1. The van der Waals surface area contributed by atoms with Crippen LogP contribution in [0.15, 0.2) is 0 Å². The van der Waals surface area contributed by atoms with E-state index in [1.165, 1.54) is 6.42 Å². The Labute approximate surface area is 106 Å². The van der Waals surface area contributed by atoms with E-state index in [-0.39, 0.29) is 18.1 Å². The fourth-order valence-electron chi connectivity index (χ4n) is 1.73. The summed E-state index contributed by atoms with van der Waals surface area (Å²) in [5.41, 5.74) is 5.61. The fraction of sp³-hybridized carbons (Fsp3) is 0.727. The topological polar surface area (TPSA) is 86.4 Å². The Bertz CT molecular complexity index is 393. The Morgan fingerprint density at radius 3 is 2.83 bits per heavy atom. The number of hydrogen-bond acceptors (Lipinski definition) is 7. The summed E-state index contributed by atoms with van der Waals surface area (Å²) in [6.45, 7) is 1.26. The highest BCUT2D eigenvalue weighted by Gasteiger charge is 2.16. The monoisotopic (exact) mass is 253 g/mol. The molecule has 0 radical (unpaired) electrons. The third-order valence-corrected chi connectivity index (χ3v) is 2.69. The van der Waals surface area contributed by atoms with Gasteiger partial charge in [-0.05, 0) is 19.3 Å². The molecular formula is C11H19N5O2. The quantitative estimate of drug-likeness (QED) is 0.834. The zero-order chi connectivity index (χ0) is 13.0. The number of hydrogen-bond donors (Lipinski definition) is 1. The molecule has 1 aromatic rings. The smallest absolute Gasteiger partial charge is 0.323 e. The maximum Gasteiger partial charge on any atom is 0.323 e. The van der Waals surface area contributed by atoms with Crippen molar-refractivity contribution < 1.29 is 9.47 Å². The van der Waals surface area contributed by atoms with Gasteiger partial charge < -0.3 is 20.1 Å². The van der Waals surface area contributed by atoms with Crippen molar-refractivity contribution in [1.82, 2.24) is 15.0 Å². The van der Waals surface area contributed by atoms with E-state index in [9.17, 15) is 0 Å². The predicted octanol–water partition coefficient (Wildman–Crippen LogP) is 0.468. The Kier molecular flexibility index (Phi) is 4.14. The number of nitrogens with two attached hydrogens (primary N) is 1. The van der Waals surface area contributed by atoms with Crippen LogP contribution in [0.3, 0.4) is 0 Å². The van der Waals surface area contributed by atoms with Gasteiger partial charge in [0.1, 0.15) is 6.61 Å². The highest BCUT2D eigenvalue weighted by atomic mass is 16.5. The minimum atomic E-state index is 0.125. The van der Waals surface area contributed by atoms with E-state index in [0.717, 1.165) is 19.4 Å². The van der Waals surface area contributed by atoms with Crippen LogP contribution in [0.25, 0.3) is 0 Å². The molecule has 1 atom stereocenters. The number of rotatable bonds is 4. The van der Waals surface area contributed by atoms with Crippen molar-refractivity contribution in [2.45, 2.75) is 25.4 Å². The summed E-state index contributed by atoms with van der Waals surface area (Å²) >= 11 is 0. The Balaban J connectivity index is 1.95. The largest absolute Gasteiger partial charge is 0.461 e. The van der Waals surface area contributed by atoms with Gasteiger partial charge in [-0.25, -0.2) is 0 Å². The minimum Gasteiger partial charge on any atom is -0.461 e. The zero-order valence-corrected chi connectivity index (χ0v) is 10.8. The maximum atomic E-state index is 5.61. The van der Waals surface area contributed by atoms with Crippen molar-refractivity contribution in [3.05, 3.63) is 0 Å². The number of anilines is 2. The second-order valence-corrected chi connectivity index (χ2v) is 4.47. The molecule has 0 saturated carbocycles. The molecule has 1 aliphatic rings. The third kappa shape index (κ3) is 3.43. The molecule has 2 rings (SSSR count). The Morgan fingerprint density at radius 2 is 2.17 bits per heavy atom. The molecule has 0 aliphatic carbocycles. The van der Waals surface area contributed by atoms with Crippen molar-refractivity contribution in [3.63, 3.8) is 0 Å². The van der Waals surface area contributed by atoms with Crippen LogP contribution in [0.4, 0.5) is 11.9 Å². The molecule has 1 unspecified atom stereocenters. The summed E-state index contributed by atoms with van der Waals surface area (Å²) in [5.74, 6) is 0.648. The normalized spacial score (nSPS) is 19.6. The highest BCUT2D eigenvalue weighted by molar-refractivity contribution is 5.33. The zero-order valence-electron chi connectivity index (χ0n) is 10.8. The van der Waals surface area contributed by atoms with Gasteiger partial charge in [0.25, 0.3) is 0 Å². The van der Waals surface area contributed by atoms with Gasteiger partial charge in [-0.3, -0.25) is 0 Å². The van der Waals surface area contributed by atoms with Gasteiger partial charge in [0.05, 0.1) is 6.10 Å². The van der Waals surface area contributed by atoms with Gasteiger partial charge in [0.15, 0.2) is 0 Å². The van der Waals surface area contributed by atoms with E-state index in [4.69, 9.17) is 15.2 Å². The van der Waals surface area contributed by atoms with Crippen molar-refractivity contribution in [2.75, 3.05) is 37.9 Å². The molecule has 2 heterocycles. The molecule has 0 spiro atoms. The van der Waals surface area contributed by atoms with E-state index in [1.54, 1.807) is 4.90 Å². The Hall–Kier alpha value is -1.63. The van der Waals surface area contributed by atoms with E-state index in [1.807, 2.05) is 14.1 Å². The summed E-state index contributed by atoms with van der Waals surface area (Å²) in [5, 5.41) is 0. The van der Waals surface area contributed by atoms with Crippen LogP contribution in [-0.4, -0.2) is 48.4 Å². The molecule has 1 aliphatic heterocycles. The van der Waals surface area contributed by atoms with Gasteiger partial charge in [-0.15, -0.1) is 0 Å². The van der Waals surface area contributed by atoms with E-state index in [0.29, 0.717) is 12.6 Å². The summed E-state index contributed by atoms with van der Waals surface area (Å²) < 4.78 is 11.1. The van der Waals surface area contributed by atoms with Crippen molar-refractivity contribution in [2.24, 2.45) is 0 Å². The van der Waals surface area contributed by atoms with Gasteiger partial charge >= 0.3 is 6.01 Å². The van der Waals surface area contributed by atoms with Crippen molar-refractivity contribution in [1.29, 1.82) is 0 Å². The first-order valence-corrected chi connectivity index (χ1v) is 6.08. The van der Waals surface area contributed by atoms with Gasteiger partial charge in [0.2, 0.25) is 11.9 Å². The summed E-state index contributed by atoms with van der Waals surface area (Å²) in [4.78, 5) is 13.9. The molecule has 0 bridgehead atoms. The van der Waals surface area contributed by atoms with Gasteiger partial charge in [-0.2, -0.15) is 15.0 Å². The van der Waals surface area contributed by atoms with Crippen LogP contribution < -0.4 is 15.4 Å². The molecule has 0 aromatic carbocycles. The second kappa shape index (κ2) is 5.81. The van der Waals surface area contributed by atoms with Crippen LogP contribution in [0.2, 0.25) is 0 Å². The van der Waals surface area contributed by atoms with Crippen molar-refractivity contribution >= 4 is 11.9 Å². The lowest BCUT2D eigenvalue weighted by atomic mass is 10.1. The number of ether oxygens (including phenoxy) is 2. The van der Waals surface area contributed by atoms with Crippen LogP contribution in [0, 0.1) is 0 Å². The summed E-state index contributed by atoms with van der Waals surface area (Å²) in [7, 11) is 3.67. The second-order valence-electron chi connectivity index (χ2n) is 4.47. The first-order chi connectivity index (χ1) is 8.65.